The molecule has 1 aromatic heterocycles. The highest BCUT2D eigenvalue weighted by atomic mass is 79.9. The Morgan fingerprint density at radius 2 is 1.85 bits per heavy atom. The van der Waals surface area contributed by atoms with Crippen LogP contribution in [0.15, 0.2) is 70.5 Å². The quantitative estimate of drug-likeness (QED) is 0.379. The van der Waals surface area contributed by atoms with Gasteiger partial charge in [-0.2, -0.15) is 0 Å². The summed E-state index contributed by atoms with van der Waals surface area (Å²) in [5, 5.41) is 5.25. The van der Waals surface area contributed by atoms with Gasteiger partial charge in [0.1, 0.15) is 6.04 Å². The van der Waals surface area contributed by atoms with Crippen LogP contribution in [-0.4, -0.2) is 17.9 Å². The predicted molar refractivity (Wildman–Crippen MR) is 139 cm³/mol. The van der Waals surface area contributed by atoms with Crippen molar-refractivity contribution < 1.29 is 9.59 Å². The molecule has 2 amide bonds. The van der Waals surface area contributed by atoms with Crippen LogP contribution in [0.25, 0.3) is 0 Å². The average Bonchev–Trinajstić information content (AvgIpc) is 3.31. The summed E-state index contributed by atoms with van der Waals surface area (Å²) in [4.78, 5) is 30.3. The number of aryl methyl sites for hydroxylation is 1. The van der Waals surface area contributed by atoms with Crippen molar-refractivity contribution in [3.8, 4) is 0 Å². The van der Waals surface area contributed by atoms with Crippen LogP contribution in [0.3, 0.4) is 0 Å². The summed E-state index contributed by atoms with van der Waals surface area (Å²) in [6, 6.07) is 18.8. The molecule has 1 N–H and O–H groups in total. The van der Waals surface area contributed by atoms with E-state index in [-0.39, 0.29) is 24.3 Å². The Morgan fingerprint density at radius 1 is 1.06 bits per heavy atom. The van der Waals surface area contributed by atoms with Crippen molar-refractivity contribution in [2.75, 3.05) is 4.90 Å². The number of carbonyl (C=O) groups excluding carboxylic acids is 2. The average molecular weight is 526 g/mol. The minimum Gasteiger partial charge on any atom is -0.351 e. The SMILES string of the molecule is Cc1ccccc1C(C(=O)NC1CCCCC1)N(C(=O)Cc1cccs1)c1cccc(Br)c1. The smallest absolute Gasteiger partial charge is 0.248 e. The van der Waals surface area contributed by atoms with Crippen molar-refractivity contribution in [3.63, 3.8) is 0 Å². The number of amides is 2. The molecule has 0 radical (unpaired) electrons. The minimum absolute atomic E-state index is 0.0948. The van der Waals surface area contributed by atoms with Gasteiger partial charge < -0.3 is 5.32 Å². The van der Waals surface area contributed by atoms with E-state index in [1.54, 1.807) is 16.2 Å². The third-order valence-corrected chi connectivity index (χ3v) is 7.57. The Hall–Kier alpha value is -2.44. The second-order valence-electron chi connectivity index (χ2n) is 8.60. The number of halogens is 1. The number of benzene rings is 2. The molecule has 1 unspecified atom stereocenters. The van der Waals surface area contributed by atoms with E-state index < -0.39 is 6.04 Å². The van der Waals surface area contributed by atoms with E-state index in [0.717, 1.165) is 46.2 Å². The molecule has 0 spiro atoms. The first-order chi connectivity index (χ1) is 16.0. The fourth-order valence-corrected chi connectivity index (χ4v) is 5.61. The third kappa shape index (κ3) is 5.92. The van der Waals surface area contributed by atoms with E-state index in [0.29, 0.717) is 5.69 Å². The largest absolute Gasteiger partial charge is 0.351 e. The fraction of sp³-hybridized carbons (Fsp3) is 0.333. The molecule has 6 heteroatoms. The molecule has 3 aromatic rings. The first-order valence-electron chi connectivity index (χ1n) is 11.5. The maximum atomic E-state index is 13.9. The number of nitrogens with one attached hydrogen (secondary N) is 1. The van der Waals surface area contributed by atoms with Crippen molar-refractivity contribution in [3.05, 3.63) is 86.5 Å². The molecule has 172 valence electrons. The molecule has 1 saturated carbocycles. The van der Waals surface area contributed by atoms with Gasteiger partial charge in [0.05, 0.1) is 6.42 Å². The second kappa shape index (κ2) is 11.1. The van der Waals surface area contributed by atoms with E-state index in [4.69, 9.17) is 0 Å². The topological polar surface area (TPSA) is 49.4 Å². The normalized spacial score (nSPS) is 15.1. The first-order valence-corrected chi connectivity index (χ1v) is 13.2. The van der Waals surface area contributed by atoms with Gasteiger partial charge in [0, 0.05) is 21.1 Å². The van der Waals surface area contributed by atoms with Gasteiger partial charge >= 0.3 is 0 Å². The van der Waals surface area contributed by atoms with Gasteiger partial charge in [-0.15, -0.1) is 11.3 Å². The molecular formula is C27H29BrN2O2S. The zero-order valence-electron chi connectivity index (χ0n) is 18.8. The zero-order valence-corrected chi connectivity index (χ0v) is 21.2. The van der Waals surface area contributed by atoms with Crippen molar-refractivity contribution >= 4 is 44.8 Å². The maximum Gasteiger partial charge on any atom is 0.248 e. The molecule has 33 heavy (non-hydrogen) atoms. The lowest BCUT2D eigenvalue weighted by atomic mass is 9.93. The van der Waals surface area contributed by atoms with Gasteiger partial charge in [0.15, 0.2) is 0 Å². The van der Waals surface area contributed by atoms with Crippen LogP contribution in [0.1, 0.15) is 54.1 Å². The Balaban J connectivity index is 1.76. The summed E-state index contributed by atoms with van der Waals surface area (Å²) < 4.78 is 0.866. The molecule has 1 aliphatic rings. The molecule has 4 rings (SSSR count). The second-order valence-corrected chi connectivity index (χ2v) is 10.6. The molecular weight excluding hydrogens is 496 g/mol. The standard InChI is InChI=1S/C27H29BrN2O2S/c1-19-9-5-6-15-24(19)26(27(32)29-21-11-3-2-4-12-21)30(22-13-7-10-20(28)17-22)25(31)18-23-14-8-16-33-23/h5-10,13-17,21,26H,2-4,11-12,18H2,1H3,(H,29,32). The number of anilines is 1. The summed E-state index contributed by atoms with van der Waals surface area (Å²) in [6.45, 7) is 2.00. The lowest BCUT2D eigenvalue weighted by Gasteiger charge is -2.34. The van der Waals surface area contributed by atoms with Gasteiger partial charge in [0.2, 0.25) is 11.8 Å². The highest BCUT2D eigenvalue weighted by Gasteiger charge is 2.35. The Labute approximate surface area is 208 Å². The van der Waals surface area contributed by atoms with Crippen molar-refractivity contribution in [2.45, 2.75) is 57.5 Å². The summed E-state index contributed by atoms with van der Waals surface area (Å²) in [7, 11) is 0. The summed E-state index contributed by atoms with van der Waals surface area (Å²) in [5.74, 6) is -0.210. The van der Waals surface area contributed by atoms with Crippen LogP contribution in [0.2, 0.25) is 0 Å². The predicted octanol–water partition coefficient (Wildman–Crippen LogP) is 6.58. The van der Waals surface area contributed by atoms with Crippen LogP contribution in [0.5, 0.6) is 0 Å². The monoisotopic (exact) mass is 524 g/mol. The van der Waals surface area contributed by atoms with Crippen LogP contribution in [-0.2, 0) is 16.0 Å². The fourth-order valence-electron chi connectivity index (χ4n) is 4.53. The minimum atomic E-state index is -0.741. The van der Waals surface area contributed by atoms with Crippen molar-refractivity contribution in [1.82, 2.24) is 5.32 Å². The van der Waals surface area contributed by atoms with Gasteiger partial charge in [-0.05, 0) is 60.5 Å². The molecule has 1 fully saturated rings. The van der Waals surface area contributed by atoms with Crippen LogP contribution >= 0.6 is 27.3 Å². The van der Waals surface area contributed by atoms with E-state index in [1.807, 2.05) is 73.0 Å². The number of carbonyl (C=O) groups is 2. The van der Waals surface area contributed by atoms with Gasteiger partial charge in [-0.3, -0.25) is 14.5 Å². The highest BCUT2D eigenvalue weighted by Crippen LogP contribution is 2.33. The zero-order chi connectivity index (χ0) is 23.2. The highest BCUT2D eigenvalue weighted by molar-refractivity contribution is 9.10. The molecule has 0 bridgehead atoms. The van der Waals surface area contributed by atoms with Crippen LogP contribution < -0.4 is 10.2 Å². The van der Waals surface area contributed by atoms with Gasteiger partial charge in [-0.25, -0.2) is 0 Å². The molecule has 2 aromatic carbocycles. The van der Waals surface area contributed by atoms with E-state index in [1.165, 1.54) is 6.42 Å². The number of hydrogen-bond donors (Lipinski definition) is 1. The van der Waals surface area contributed by atoms with Crippen molar-refractivity contribution in [2.24, 2.45) is 0 Å². The van der Waals surface area contributed by atoms with E-state index in [9.17, 15) is 9.59 Å². The number of rotatable bonds is 7. The maximum absolute atomic E-state index is 13.9. The lowest BCUT2D eigenvalue weighted by Crippen LogP contribution is -2.48. The molecule has 1 heterocycles. The third-order valence-electron chi connectivity index (χ3n) is 6.20. The Bertz CT molecular complexity index is 1090. The van der Waals surface area contributed by atoms with Crippen LogP contribution in [0.4, 0.5) is 5.69 Å². The van der Waals surface area contributed by atoms with Crippen molar-refractivity contribution in [1.29, 1.82) is 0 Å². The Morgan fingerprint density at radius 3 is 2.55 bits per heavy atom. The number of hydrogen-bond acceptors (Lipinski definition) is 3. The van der Waals surface area contributed by atoms with Crippen LogP contribution in [0, 0.1) is 6.92 Å². The van der Waals surface area contributed by atoms with E-state index >= 15 is 0 Å². The summed E-state index contributed by atoms with van der Waals surface area (Å²) in [5.41, 5.74) is 2.55. The number of nitrogens with zero attached hydrogens (tertiary/aromatic N) is 1. The summed E-state index contributed by atoms with van der Waals surface area (Å²) >= 11 is 5.10. The lowest BCUT2D eigenvalue weighted by molar-refractivity contribution is -0.127. The van der Waals surface area contributed by atoms with Gasteiger partial charge in [-0.1, -0.05) is 71.6 Å². The number of thiophene rings is 1. The van der Waals surface area contributed by atoms with Gasteiger partial charge in [0.25, 0.3) is 0 Å². The molecule has 0 saturated heterocycles. The molecule has 0 aliphatic heterocycles. The molecule has 4 nitrogen and oxygen atoms in total. The Kier molecular flexibility index (Phi) is 7.99. The summed E-state index contributed by atoms with van der Waals surface area (Å²) in [6.07, 6.45) is 5.72. The van der Waals surface area contributed by atoms with E-state index in [2.05, 4.69) is 21.2 Å². The molecule has 1 atom stereocenters. The molecule has 1 aliphatic carbocycles. The first kappa shape index (κ1) is 23.7.